The summed E-state index contributed by atoms with van der Waals surface area (Å²) in [5.41, 5.74) is 44.6. The number of aryl methyl sites for hydroxylation is 13. The van der Waals surface area contributed by atoms with Gasteiger partial charge in [0.15, 0.2) is 24.8 Å². The van der Waals surface area contributed by atoms with Gasteiger partial charge in [-0.25, -0.2) is 23.3 Å². The monoisotopic (exact) mass is 1650 g/mol. The molecule has 0 unspecified atom stereocenters. The van der Waals surface area contributed by atoms with Gasteiger partial charge >= 0.3 is 0 Å². The molecule has 0 aliphatic heterocycles. The van der Waals surface area contributed by atoms with Crippen LogP contribution in [0.1, 0.15) is 209 Å². The fourth-order valence-electron chi connectivity index (χ4n) is 21.3. The standard InChI is InChI=1S/C31H34N.3C29H31N2/c1-19-9-11-22-17-25-24-12-10-21(3)28(27-16-20(2)13-14-32(27)8)29(24)31(6,7)30(4,5)26(25)18-23(22)15-19;1-18-10-12-31(7)27(13-18)21-16-22-23-17-26-20(9-8-11-30-26)15-25(23)29(5,6)28(3,4)24(22)14-19(21)2;1-18-12-15-24(31(7)17-18)25-19(2)13-14-22-26(25)21-16-30-23-11-9-8-10-20(23)27(21)29(5,6)28(22,3)4;1-18-12-13-31(7)26(14-18)21-17-22-23(15-19(21)2)28(3,4)29(5,6)24-16-20-10-8-9-11-25(20)30-27(22)24/h9-18H,1-8H3;3*8-17H,1-7H3/q4*+1/i;;1D3;. The molecule has 0 N–H and O–H groups in total. The van der Waals surface area contributed by atoms with Crippen LogP contribution in [-0.2, 0) is 71.5 Å². The van der Waals surface area contributed by atoms with E-state index in [1.165, 1.54) is 178 Å². The lowest BCUT2D eigenvalue weighted by Crippen LogP contribution is -2.44. The van der Waals surface area contributed by atoms with E-state index in [4.69, 9.17) is 14.1 Å². The smallest absolute Gasteiger partial charge is 0.213 e. The number of hydrogen-bond donors (Lipinski definition) is 0. The Balaban J connectivity index is 0.000000120. The second-order valence-electron chi connectivity index (χ2n) is 41.3. The normalized spacial score (nSPS) is 16.5. The summed E-state index contributed by atoms with van der Waals surface area (Å²) in [6.45, 7) is 53.6. The lowest BCUT2D eigenvalue weighted by molar-refractivity contribution is -0.660. The molecule has 7 aromatic heterocycles. The number of fused-ring (bicyclic) bond motifs is 17. The molecule has 0 saturated heterocycles. The average Bonchev–Trinajstić information content (AvgIpc) is 0.705. The van der Waals surface area contributed by atoms with E-state index in [0.717, 1.165) is 44.6 Å². The third kappa shape index (κ3) is 13.5. The molecule has 0 saturated carbocycles. The first kappa shape index (κ1) is 81.4. The van der Waals surface area contributed by atoms with Crippen LogP contribution in [0.15, 0.2) is 243 Å². The molecule has 630 valence electrons. The van der Waals surface area contributed by atoms with Crippen molar-refractivity contribution in [1.82, 2.24) is 15.0 Å². The van der Waals surface area contributed by atoms with Crippen molar-refractivity contribution in [1.29, 1.82) is 0 Å². The van der Waals surface area contributed by atoms with Crippen LogP contribution in [0.3, 0.4) is 0 Å². The molecule has 0 fully saturated rings. The van der Waals surface area contributed by atoms with Crippen LogP contribution in [0.2, 0.25) is 0 Å². The summed E-state index contributed by atoms with van der Waals surface area (Å²) >= 11 is 0. The zero-order valence-corrected chi connectivity index (χ0v) is 79.2. The Hall–Kier alpha value is -11.9. The van der Waals surface area contributed by atoms with Crippen LogP contribution in [0.4, 0.5) is 0 Å². The maximum absolute atomic E-state index is 7.82. The van der Waals surface area contributed by atoms with Crippen LogP contribution < -0.4 is 18.3 Å². The predicted molar refractivity (Wildman–Crippen MR) is 524 cm³/mol. The number of benzene rings is 9. The molecule has 0 bridgehead atoms. The van der Waals surface area contributed by atoms with Gasteiger partial charge in [-0.15, -0.1) is 0 Å². The molecule has 20 rings (SSSR count). The third-order valence-electron chi connectivity index (χ3n) is 31.7. The van der Waals surface area contributed by atoms with Gasteiger partial charge in [-0.3, -0.25) is 9.97 Å². The molecular weight excluding hydrogens is 1520 g/mol. The van der Waals surface area contributed by atoms with E-state index < -0.39 is 6.85 Å². The van der Waals surface area contributed by atoms with E-state index in [0.29, 0.717) is 5.56 Å². The van der Waals surface area contributed by atoms with E-state index in [9.17, 15) is 0 Å². The fraction of sp³-hybridized carbons (Fsp3) is 0.314. The van der Waals surface area contributed by atoms with Gasteiger partial charge in [0.25, 0.3) is 0 Å². The van der Waals surface area contributed by atoms with Gasteiger partial charge in [-0.2, -0.15) is 0 Å². The van der Waals surface area contributed by atoms with E-state index in [2.05, 4.69) is 407 Å². The van der Waals surface area contributed by atoms with E-state index in [1.54, 1.807) is 12.3 Å². The zero-order valence-electron chi connectivity index (χ0n) is 82.2. The SMILES string of the molecule is Cc1cc[n+](C)c(-c2c(C)ccc3c2C(C)(C)C(C)(C)c2cc4cc(C)ccc4cc2-3)c1.Cc1cc[n+](C)c(-c2cc3c(cc2C)C(C)(C)C(C)(C)c2cc4ccccc4nc2-3)c1.Cc1cc[n+](C)c(-c2cc3c(cc2C)C(C)(C)C(C)(C)c2cc4cccnc4cc2-3)c1.[2H]C([2H])([2H])c1ccc(-c2c(C)ccc3c2-c2cnc4ccccc4c2C(C)(C)C3(C)C)[n+](C)c1. The van der Waals surface area contributed by atoms with Gasteiger partial charge in [-0.1, -0.05) is 213 Å². The summed E-state index contributed by atoms with van der Waals surface area (Å²) in [5, 5.41) is 6.28. The summed E-state index contributed by atoms with van der Waals surface area (Å²) in [5.74, 6) is 0. The van der Waals surface area contributed by atoms with E-state index in [1.807, 2.05) is 42.2 Å². The number of rotatable bonds is 4. The molecule has 125 heavy (non-hydrogen) atoms. The molecule has 7 nitrogen and oxygen atoms in total. The van der Waals surface area contributed by atoms with Crippen molar-refractivity contribution in [3.8, 4) is 89.7 Å². The molecular formula is C118H127N7+4. The van der Waals surface area contributed by atoms with Gasteiger partial charge < -0.3 is 0 Å². The van der Waals surface area contributed by atoms with Crippen LogP contribution in [-0.4, -0.2) is 15.0 Å². The number of para-hydroxylation sites is 2. The first-order valence-corrected chi connectivity index (χ1v) is 44.8. The van der Waals surface area contributed by atoms with Gasteiger partial charge in [0.05, 0.1) is 33.4 Å². The molecule has 16 aromatic rings. The largest absolute Gasteiger partial charge is 0.256 e. The molecule has 0 amide bonds. The predicted octanol–water partition coefficient (Wildman–Crippen LogP) is 27.2. The minimum Gasteiger partial charge on any atom is -0.256 e. The van der Waals surface area contributed by atoms with Crippen molar-refractivity contribution in [2.45, 2.75) is 216 Å². The second kappa shape index (κ2) is 30.2. The maximum atomic E-state index is 7.82. The Morgan fingerprint density at radius 2 is 0.744 bits per heavy atom. The van der Waals surface area contributed by atoms with Crippen molar-refractivity contribution >= 4 is 43.5 Å². The molecule has 7 heterocycles. The summed E-state index contributed by atoms with van der Waals surface area (Å²) in [7, 11) is 8.35. The number of pyridine rings is 7. The highest BCUT2D eigenvalue weighted by molar-refractivity contribution is 5.99. The summed E-state index contributed by atoms with van der Waals surface area (Å²) in [4.78, 5) is 14.7. The molecule has 9 aromatic carbocycles. The summed E-state index contributed by atoms with van der Waals surface area (Å²) in [6.07, 6.45) is 12.2. The molecule has 4 aliphatic rings. The first-order valence-electron chi connectivity index (χ1n) is 46.3. The minimum absolute atomic E-state index is 0.00131. The van der Waals surface area contributed by atoms with Gasteiger partial charge in [-0.05, 0) is 273 Å². The number of nitrogens with zero attached hydrogens (tertiary/aromatic N) is 7. The van der Waals surface area contributed by atoms with E-state index in [-0.39, 0.29) is 43.3 Å². The Labute approximate surface area is 748 Å². The highest BCUT2D eigenvalue weighted by Gasteiger charge is 2.52. The lowest BCUT2D eigenvalue weighted by Gasteiger charge is -2.49. The van der Waals surface area contributed by atoms with Crippen molar-refractivity contribution < 1.29 is 22.4 Å². The second-order valence-corrected chi connectivity index (χ2v) is 41.3. The molecule has 0 atom stereocenters. The fourth-order valence-corrected chi connectivity index (χ4v) is 21.3. The average molecular weight is 1650 g/mol. The van der Waals surface area contributed by atoms with Crippen LogP contribution in [0.5, 0.6) is 0 Å². The number of aromatic nitrogens is 7. The Morgan fingerprint density at radius 3 is 1.38 bits per heavy atom. The summed E-state index contributed by atoms with van der Waals surface area (Å²) in [6, 6.07) is 75.7. The third-order valence-corrected chi connectivity index (χ3v) is 31.7. The van der Waals surface area contributed by atoms with Crippen molar-refractivity contribution in [2.75, 3.05) is 0 Å². The van der Waals surface area contributed by atoms with Crippen molar-refractivity contribution in [2.24, 2.45) is 28.2 Å². The molecule has 4 aliphatic carbocycles. The van der Waals surface area contributed by atoms with Crippen molar-refractivity contribution in [3.05, 3.63) is 338 Å². The zero-order chi connectivity index (χ0) is 91.9. The lowest BCUT2D eigenvalue weighted by atomic mass is 9.54. The first-order chi connectivity index (χ1) is 60.1. The Kier molecular flexibility index (Phi) is 19.7. The molecule has 7 heteroatoms. The number of hydrogen-bond acceptors (Lipinski definition) is 3. The van der Waals surface area contributed by atoms with Crippen LogP contribution in [0, 0.1) is 62.2 Å². The van der Waals surface area contributed by atoms with Crippen molar-refractivity contribution in [3.63, 3.8) is 0 Å². The maximum Gasteiger partial charge on any atom is 0.213 e. The summed E-state index contributed by atoms with van der Waals surface area (Å²) < 4.78 is 32.1. The van der Waals surface area contributed by atoms with Gasteiger partial charge in [0.1, 0.15) is 28.2 Å². The highest BCUT2D eigenvalue weighted by atomic mass is 14.9. The van der Waals surface area contributed by atoms with Crippen LogP contribution in [0.25, 0.3) is 133 Å². The molecule has 0 radical (unpaired) electrons. The quantitative estimate of drug-likeness (QED) is 0.165. The molecule has 0 spiro atoms. The van der Waals surface area contributed by atoms with Crippen LogP contribution >= 0.6 is 0 Å². The minimum atomic E-state index is -2.14. The van der Waals surface area contributed by atoms with Gasteiger partial charge in [0.2, 0.25) is 22.8 Å². The Bertz CT molecular complexity index is 7110. The topological polar surface area (TPSA) is 54.2 Å². The highest BCUT2D eigenvalue weighted by Crippen LogP contribution is 2.62. The van der Waals surface area contributed by atoms with Gasteiger partial charge in [0, 0.05) is 125 Å². The Morgan fingerprint density at radius 1 is 0.272 bits per heavy atom. The van der Waals surface area contributed by atoms with E-state index >= 15 is 0 Å².